The van der Waals surface area contributed by atoms with Crippen molar-refractivity contribution in [1.82, 2.24) is 4.90 Å². The Morgan fingerprint density at radius 1 is 1.12 bits per heavy atom. The maximum absolute atomic E-state index is 12.7. The van der Waals surface area contributed by atoms with Gasteiger partial charge < -0.3 is 9.64 Å². The van der Waals surface area contributed by atoms with E-state index in [4.69, 9.17) is 4.74 Å². The number of rotatable bonds is 5. The highest BCUT2D eigenvalue weighted by Crippen LogP contribution is 2.31. The van der Waals surface area contributed by atoms with E-state index < -0.39 is 0 Å². The first-order chi connectivity index (χ1) is 11.8. The van der Waals surface area contributed by atoms with Crippen LogP contribution in [0.15, 0.2) is 24.3 Å². The standard InChI is InChI=1S/C20H29NO2S/c1-23-18-11-9-16(10-12-18)17-6-4-5-13-21(14-17)20(22)15-24-19-7-2-3-8-19/h9-12,17,19H,2-8,13-15H2,1H3. The maximum atomic E-state index is 12.7. The summed E-state index contributed by atoms with van der Waals surface area (Å²) in [5.74, 6) is 2.36. The molecule has 132 valence electrons. The number of likely N-dealkylation sites (tertiary alicyclic amines) is 1. The van der Waals surface area contributed by atoms with Gasteiger partial charge in [-0.1, -0.05) is 31.4 Å². The molecule has 0 radical (unpaired) electrons. The zero-order chi connectivity index (χ0) is 16.8. The molecule has 4 heteroatoms. The van der Waals surface area contributed by atoms with Gasteiger partial charge in [0.15, 0.2) is 0 Å². The minimum Gasteiger partial charge on any atom is -0.497 e. The molecule has 0 spiro atoms. The zero-order valence-electron chi connectivity index (χ0n) is 14.7. The van der Waals surface area contributed by atoms with Crippen molar-refractivity contribution in [3.05, 3.63) is 29.8 Å². The molecule has 3 nitrogen and oxygen atoms in total. The van der Waals surface area contributed by atoms with Crippen LogP contribution in [-0.2, 0) is 4.79 Å². The summed E-state index contributed by atoms with van der Waals surface area (Å²) in [7, 11) is 1.70. The van der Waals surface area contributed by atoms with Crippen molar-refractivity contribution >= 4 is 17.7 Å². The lowest BCUT2D eigenvalue weighted by Gasteiger charge is -2.25. The highest BCUT2D eigenvalue weighted by molar-refractivity contribution is 8.00. The minimum absolute atomic E-state index is 0.340. The van der Waals surface area contributed by atoms with E-state index in [1.807, 2.05) is 23.9 Å². The Balaban J connectivity index is 1.57. The summed E-state index contributed by atoms with van der Waals surface area (Å²) >= 11 is 1.89. The third kappa shape index (κ3) is 4.69. The molecule has 0 aromatic heterocycles. The molecule has 1 aromatic carbocycles. The first-order valence-corrected chi connectivity index (χ1v) is 10.3. The Labute approximate surface area is 150 Å². The molecule has 24 heavy (non-hydrogen) atoms. The van der Waals surface area contributed by atoms with Crippen molar-refractivity contribution in [3.8, 4) is 5.75 Å². The summed E-state index contributed by atoms with van der Waals surface area (Å²) in [4.78, 5) is 14.8. The monoisotopic (exact) mass is 347 g/mol. The van der Waals surface area contributed by atoms with E-state index in [1.54, 1.807) is 7.11 Å². The van der Waals surface area contributed by atoms with E-state index >= 15 is 0 Å². The molecule has 0 N–H and O–H groups in total. The first kappa shape index (κ1) is 17.7. The fourth-order valence-corrected chi connectivity index (χ4v) is 5.08. The largest absolute Gasteiger partial charge is 0.497 e. The van der Waals surface area contributed by atoms with E-state index in [1.165, 1.54) is 44.1 Å². The second-order valence-corrected chi connectivity index (χ2v) is 8.31. The van der Waals surface area contributed by atoms with Gasteiger partial charge in [-0.2, -0.15) is 0 Å². The molecule has 3 rings (SSSR count). The predicted molar refractivity (Wildman–Crippen MR) is 101 cm³/mol. The molecule has 1 aliphatic heterocycles. The van der Waals surface area contributed by atoms with Crippen LogP contribution in [-0.4, -0.2) is 42.0 Å². The fourth-order valence-electron chi connectivity index (χ4n) is 3.85. The molecule has 1 saturated heterocycles. The third-order valence-electron chi connectivity index (χ3n) is 5.36. The highest BCUT2D eigenvalue weighted by Gasteiger charge is 2.24. The molecule has 2 fully saturated rings. The van der Waals surface area contributed by atoms with Crippen LogP contribution in [0, 0.1) is 0 Å². The van der Waals surface area contributed by atoms with Gasteiger partial charge in [0.05, 0.1) is 12.9 Å². The van der Waals surface area contributed by atoms with Gasteiger partial charge in [0.25, 0.3) is 0 Å². The van der Waals surface area contributed by atoms with Gasteiger partial charge in [-0.3, -0.25) is 4.79 Å². The Morgan fingerprint density at radius 2 is 1.83 bits per heavy atom. The van der Waals surface area contributed by atoms with Gasteiger partial charge in [0.1, 0.15) is 5.75 Å². The van der Waals surface area contributed by atoms with Crippen LogP contribution in [0.3, 0.4) is 0 Å². The van der Waals surface area contributed by atoms with Crippen LogP contribution in [0.25, 0.3) is 0 Å². The van der Waals surface area contributed by atoms with Crippen LogP contribution in [0.5, 0.6) is 5.75 Å². The summed E-state index contributed by atoms with van der Waals surface area (Å²) < 4.78 is 5.25. The number of methoxy groups -OCH3 is 1. The van der Waals surface area contributed by atoms with Gasteiger partial charge in [-0.25, -0.2) is 0 Å². The first-order valence-electron chi connectivity index (χ1n) is 9.29. The van der Waals surface area contributed by atoms with E-state index in [-0.39, 0.29) is 0 Å². The summed E-state index contributed by atoms with van der Waals surface area (Å²) in [6.07, 6.45) is 8.79. The number of benzene rings is 1. The SMILES string of the molecule is COc1ccc(C2CCCCN(C(=O)CSC3CCCC3)C2)cc1. The van der Waals surface area contributed by atoms with E-state index in [9.17, 15) is 4.79 Å². The Bertz CT molecular complexity index is 525. The van der Waals surface area contributed by atoms with Crippen molar-refractivity contribution in [1.29, 1.82) is 0 Å². The van der Waals surface area contributed by atoms with Gasteiger partial charge in [0.2, 0.25) is 5.91 Å². The van der Waals surface area contributed by atoms with E-state index in [0.29, 0.717) is 17.6 Å². The van der Waals surface area contributed by atoms with Crippen molar-refractivity contribution < 1.29 is 9.53 Å². The third-order valence-corrected chi connectivity index (χ3v) is 6.71. The van der Waals surface area contributed by atoms with Crippen molar-refractivity contribution in [2.24, 2.45) is 0 Å². The molecular weight excluding hydrogens is 318 g/mol. The molecule has 1 heterocycles. The molecular formula is C20H29NO2S. The fraction of sp³-hybridized carbons (Fsp3) is 0.650. The Morgan fingerprint density at radius 3 is 2.54 bits per heavy atom. The molecule has 1 unspecified atom stereocenters. The van der Waals surface area contributed by atoms with Gasteiger partial charge in [0, 0.05) is 24.3 Å². The van der Waals surface area contributed by atoms with Crippen LogP contribution >= 0.6 is 11.8 Å². The summed E-state index contributed by atoms with van der Waals surface area (Å²) in [6.45, 7) is 1.80. The van der Waals surface area contributed by atoms with Crippen molar-refractivity contribution in [3.63, 3.8) is 0 Å². The lowest BCUT2D eigenvalue weighted by atomic mass is 9.94. The lowest BCUT2D eigenvalue weighted by molar-refractivity contribution is -0.128. The quantitative estimate of drug-likeness (QED) is 0.787. The molecule has 1 atom stereocenters. The molecule has 1 amide bonds. The average molecular weight is 348 g/mol. The van der Waals surface area contributed by atoms with Crippen LogP contribution in [0.2, 0.25) is 0 Å². The summed E-state index contributed by atoms with van der Waals surface area (Å²) in [5, 5.41) is 0.721. The molecule has 2 aliphatic rings. The maximum Gasteiger partial charge on any atom is 0.232 e. The number of carbonyl (C=O) groups is 1. The number of amides is 1. The molecule has 1 aliphatic carbocycles. The molecule has 0 bridgehead atoms. The number of carbonyl (C=O) groups excluding carboxylic acids is 1. The number of hydrogen-bond acceptors (Lipinski definition) is 3. The average Bonchev–Trinajstić information content (AvgIpc) is 3.02. The predicted octanol–water partition coefficient (Wildman–Crippen LogP) is 4.47. The van der Waals surface area contributed by atoms with Gasteiger partial charge in [-0.05, 0) is 43.4 Å². The smallest absolute Gasteiger partial charge is 0.232 e. The molecule has 1 aromatic rings. The highest BCUT2D eigenvalue weighted by atomic mass is 32.2. The van der Waals surface area contributed by atoms with Crippen LogP contribution in [0.4, 0.5) is 0 Å². The van der Waals surface area contributed by atoms with E-state index in [2.05, 4.69) is 17.0 Å². The number of ether oxygens (including phenoxy) is 1. The summed E-state index contributed by atoms with van der Waals surface area (Å²) in [6, 6.07) is 8.38. The normalized spacial score (nSPS) is 22.4. The van der Waals surface area contributed by atoms with Crippen molar-refractivity contribution in [2.75, 3.05) is 26.0 Å². The van der Waals surface area contributed by atoms with Gasteiger partial charge in [-0.15, -0.1) is 11.8 Å². The second-order valence-electron chi connectivity index (χ2n) is 7.02. The summed E-state index contributed by atoms with van der Waals surface area (Å²) in [5.41, 5.74) is 1.33. The lowest BCUT2D eigenvalue weighted by Crippen LogP contribution is -2.35. The molecule has 1 saturated carbocycles. The van der Waals surface area contributed by atoms with Crippen LogP contribution < -0.4 is 4.74 Å². The zero-order valence-corrected chi connectivity index (χ0v) is 15.5. The van der Waals surface area contributed by atoms with Gasteiger partial charge >= 0.3 is 0 Å². The number of hydrogen-bond donors (Lipinski definition) is 0. The Kier molecular flexibility index (Phi) is 6.47. The topological polar surface area (TPSA) is 29.5 Å². The minimum atomic E-state index is 0.340. The number of nitrogens with zero attached hydrogens (tertiary/aromatic N) is 1. The van der Waals surface area contributed by atoms with Crippen molar-refractivity contribution in [2.45, 2.75) is 56.1 Å². The second kappa shape index (κ2) is 8.80. The van der Waals surface area contributed by atoms with Crippen LogP contribution in [0.1, 0.15) is 56.4 Å². The van der Waals surface area contributed by atoms with E-state index in [0.717, 1.165) is 30.5 Å². The Hall–Kier alpha value is -1.16. The number of thioether (sulfide) groups is 1.